The van der Waals surface area contributed by atoms with Gasteiger partial charge in [0.1, 0.15) is 5.60 Å². The molecule has 1 rings (SSSR count). The monoisotopic (exact) mass is 447 g/mol. The summed E-state index contributed by atoms with van der Waals surface area (Å²) in [6.45, 7) is 6.35. The van der Waals surface area contributed by atoms with Crippen LogP contribution in [0.3, 0.4) is 0 Å². The average molecular weight is 447 g/mol. The molecule has 24 heavy (non-hydrogen) atoms. The topological polar surface area (TPSA) is 76.7 Å². The van der Waals surface area contributed by atoms with E-state index in [1.54, 1.807) is 0 Å². The molecule has 0 radical (unpaired) electrons. The third-order valence-corrected chi connectivity index (χ3v) is 3.04. The molecule has 5 nitrogen and oxygen atoms in total. The molecule has 0 aromatic heterocycles. The van der Waals surface area contributed by atoms with Crippen LogP contribution in [0.5, 0.6) is 0 Å². The van der Waals surface area contributed by atoms with E-state index in [1.807, 2.05) is 51.1 Å². The smallest absolute Gasteiger partial charge is 0.306 e. The first kappa shape index (κ1) is 22.7. The Morgan fingerprint density at radius 2 is 1.75 bits per heavy atom. The van der Waals surface area contributed by atoms with Crippen molar-refractivity contribution in [2.45, 2.75) is 58.5 Å². The number of anilines is 1. The van der Waals surface area contributed by atoms with Crippen LogP contribution in [0.1, 0.15) is 52.9 Å². The second-order valence-electron chi connectivity index (χ2n) is 6.51. The van der Waals surface area contributed by atoms with Crippen LogP contribution >= 0.6 is 24.0 Å². The van der Waals surface area contributed by atoms with E-state index in [4.69, 9.17) is 10.5 Å². The lowest BCUT2D eigenvalue weighted by molar-refractivity contribution is -0.154. The minimum absolute atomic E-state index is 0. The SMILES string of the molecule is CC(C)(C)OC(=O)CCCCCCN=C(N)Nc1ccccc1.I. The fraction of sp³-hybridized carbons (Fsp3) is 0.556. The number of unbranched alkanes of at least 4 members (excludes halogenated alkanes) is 3. The van der Waals surface area contributed by atoms with Gasteiger partial charge in [0.15, 0.2) is 5.96 Å². The molecule has 0 bridgehead atoms. The molecule has 3 N–H and O–H groups in total. The van der Waals surface area contributed by atoms with Crippen LogP contribution in [0.4, 0.5) is 5.69 Å². The lowest BCUT2D eigenvalue weighted by Gasteiger charge is -2.19. The number of hydrogen-bond acceptors (Lipinski definition) is 3. The van der Waals surface area contributed by atoms with Gasteiger partial charge in [-0.1, -0.05) is 31.0 Å². The highest BCUT2D eigenvalue weighted by molar-refractivity contribution is 14.0. The van der Waals surface area contributed by atoms with Crippen molar-refractivity contribution in [3.05, 3.63) is 30.3 Å². The molecule has 0 atom stereocenters. The molecule has 0 unspecified atom stereocenters. The maximum Gasteiger partial charge on any atom is 0.306 e. The van der Waals surface area contributed by atoms with E-state index in [0.717, 1.165) is 31.4 Å². The first-order valence-electron chi connectivity index (χ1n) is 8.21. The second kappa shape index (κ2) is 12.1. The molecule has 1 aromatic carbocycles. The van der Waals surface area contributed by atoms with E-state index in [1.165, 1.54) is 0 Å². The summed E-state index contributed by atoms with van der Waals surface area (Å²) in [5.41, 5.74) is 6.37. The summed E-state index contributed by atoms with van der Waals surface area (Å²) in [5, 5.41) is 3.05. The van der Waals surface area contributed by atoms with Crippen LogP contribution in [-0.2, 0) is 9.53 Å². The summed E-state index contributed by atoms with van der Waals surface area (Å²) >= 11 is 0. The van der Waals surface area contributed by atoms with Crippen molar-refractivity contribution >= 4 is 41.6 Å². The molecule has 0 spiro atoms. The third-order valence-electron chi connectivity index (χ3n) is 3.04. The number of para-hydroxylation sites is 1. The number of carbonyl (C=O) groups excluding carboxylic acids is 1. The van der Waals surface area contributed by atoms with Gasteiger partial charge in [-0.25, -0.2) is 0 Å². The highest BCUT2D eigenvalue weighted by atomic mass is 127. The van der Waals surface area contributed by atoms with Gasteiger partial charge in [0, 0.05) is 18.7 Å². The van der Waals surface area contributed by atoms with Gasteiger partial charge in [-0.2, -0.15) is 0 Å². The van der Waals surface area contributed by atoms with Crippen LogP contribution in [0.15, 0.2) is 35.3 Å². The number of benzene rings is 1. The number of ether oxygens (including phenoxy) is 1. The van der Waals surface area contributed by atoms with Gasteiger partial charge in [-0.05, 0) is 45.7 Å². The molecule has 0 aliphatic rings. The molecule has 0 saturated heterocycles. The third kappa shape index (κ3) is 12.2. The summed E-state index contributed by atoms with van der Waals surface area (Å²) in [6, 6.07) is 9.73. The van der Waals surface area contributed by atoms with Crippen molar-refractivity contribution in [2.75, 3.05) is 11.9 Å². The lowest BCUT2D eigenvalue weighted by Crippen LogP contribution is -2.23. The Morgan fingerprint density at radius 3 is 2.38 bits per heavy atom. The fourth-order valence-electron chi connectivity index (χ4n) is 2.04. The first-order chi connectivity index (χ1) is 10.9. The van der Waals surface area contributed by atoms with Crippen molar-refractivity contribution < 1.29 is 9.53 Å². The number of esters is 1. The Bertz CT molecular complexity index is 499. The maximum atomic E-state index is 11.5. The zero-order chi connectivity index (χ0) is 17.1. The second-order valence-corrected chi connectivity index (χ2v) is 6.51. The quantitative estimate of drug-likeness (QED) is 0.205. The predicted molar refractivity (Wildman–Crippen MR) is 111 cm³/mol. The first-order valence-corrected chi connectivity index (χ1v) is 8.21. The highest BCUT2D eigenvalue weighted by Crippen LogP contribution is 2.11. The van der Waals surface area contributed by atoms with E-state index < -0.39 is 5.60 Å². The van der Waals surface area contributed by atoms with Crippen LogP contribution in [-0.4, -0.2) is 24.1 Å². The van der Waals surface area contributed by atoms with Gasteiger partial charge in [-0.3, -0.25) is 9.79 Å². The number of aliphatic imine (C=N–C) groups is 1. The van der Waals surface area contributed by atoms with E-state index in [2.05, 4.69) is 10.3 Å². The number of halogens is 1. The fourth-order valence-corrected chi connectivity index (χ4v) is 2.04. The van der Waals surface area contributed by atoms with Gasteiger partial charge in [0.2, 0.25) is 0 Å². The molecular formula is C18H30IN3O2. The maximum absolute atomic E-state index is 11.5. The molecule has 0 aliphatic carbocycles. The van der Waals surface area contributed by atoms with Crippen LogP contribution in [0, 0.1) is 0 Å². The summed E-state index contributed by atoms with van der Waals surface area (Å²) in [5.74, 6) is 0.316. The van der Waals surface area contributed by atoms with E-state index in [-0.39, 0.29) is 29.9 Å². The van der Waals surface area contributed by atoms with Crippen molar-refractivity contribution in [3.63, 3.8) is 0 Å². The molecule has 1 aromatic rings. The average Bonchev–Trinajstić information content (AvgIpc) is 2.45. The van der Waals surface area contributed by atoms with E-state index >= 15 is 0 Å². The summed E-state index contributed by atoms with van der Waals surface area (Å²) in [6.07, 6.45) is 4.34. The Labute approximate surface area is 162 Å². The van der Waals surface area contributed by atoms with E-state index in [0.29, 0.717) is 18.9 Å². The minimum Gasteiger partial charge on any atom is -0.460 e. The van der Waals surface area contributed by atoms with Gasteiger partial charge >= 0.3 is 5.97 Å². The highest BCUT2D eigenvalue weighted by Gasteiger charge is 2.15. The molecule has 0 amide bonds. The van der Waals surface area contributed by atoms with Crippen LogP contribution in [0.2, 0.25) is 0 Å². The molecule has 0 saturated carbocycles. The number of guanidine groups is 1. The number of carbonyl (C=O) groups is 1. The standard InChI is InChI=1S/C18H29N3O2.HI/c1-18(2,3)23-16(22)13-9-4-5-10-14-20-17(19)21-15-11-7-6-8-12-15;/h6-8,11-12H,4-5,9-10,13-14H2,1-3H3,(H3,19,20,21);1H. The zero-order valence-electron chi connectivity index (χ0n) is 14.9. The lowest BCUT2D eigenvalue weighted by atomic mass is 10.1. The normalized spacial score (nSPS) is 11.5. The molecule has 6 heteroatoms. The molecule has 0 fully saturated rings. The Hall–Kier alpha value is -1.31. The van der Waals surface area contributed by atoms with E-state index in [9.17, 15) is 4.79 Å². The summed E-state index contributed by atoms with van der Waals surface area (Å²) < 4.78 is 5.27. The van der Waals surface area contributed by atoms with Crippen molar-refractivity contribution in [1.82, 2.24) is 0 Å². The van der Waals surface area contributed by atoms with Crippen LogP contribution in [0.25, 0.3) is 0 Å². The number of rotatable bonds is 8. The number of nitrogens with two attached hydrogens (primary N) is 1. The summed E-state index contributed by atoms with van der Waals surface area (Å²) in [7, 11) is 0. The van der Waals surface area contributed by atoms with Gasteiger partial charge < -0.3 is 15.8 Å². The molecule has 136 valence electrons. The molecular weight excluding hydrogens is 417 g/mol. The van der Waals surface area contributed by atoms with Gasteiger partial charge in [0.25, 0.3) is 0 Å². The number of hydrogen-bond donors (Lipinski definition) is 2. The minimum atomic E-state index is -0.394. The van der Waals surface area contributed by atoms with Gasteiger partial charge in [0.05, 0.1) is 0 Å². The number of nitrogens with one attached hydrogen (secondary N) is 1. The van der Waals surface area contributed by atoms with Crippen molar-refractivity contribution in [1.29, 1.82) is 0 Å². The summed E-state index contributed by atoms with van der Waals surface area (Å²) in [4.78, 5) is 15.8. The predicted octanol–water partition coefficient (Wildman–Crippen LogP) is 4.32. The molecule has 0 aliphatic heterocycles. The van der Waals surface area contributed by atoms with Crippen LogP contribution < -0.4 is 11.1 Å². The van der Waals surface area contributed by atoms with Crippen molar-refractivity contribution in [3.8, 4) is 0 Å². The Balaban J connectivity index is 0.00000529. The molecule has 0 heterocycles. The van der Waals surface area contributed by atoms with Gasteiger partial charge in [-0.15, -0.1) is 24.0 Å². The number of nitrogens with zero attached hydrogens (tertiary/aromatic N) is 1. The largest absolute Gasteiger partial charge is 0.460 e. The Kier molecular flexibility index (Phi) is 11.4. The Morgan fingerprint density at radius 1 is 1.12 bits per heavy atom. The van der Waals surface area contributed by atoms with Crippen molar-refractivity contribution in [2.24, 2.45) is 10.7 Å². The zero-order valence-corrected chi connectivity index (χ0v) is 17.2.